The van der Waals surface area contributed by atoms with Gasteiger partial charge in [0, 0.05) is 6.04 Å². The van der Waals surface area contributed by atoms with Crippen LogP contribution in [-0.4, -0.2) is 23.2 Å². The van der Waals surface area contributed by atoms with E-state index in [-0.39, 0.29) is 25.0 Å². The van der Waals surface area contributed by atoms with Crippen LogP contribution in [0.4, 0.5) is 4.79 Å². The number of carboxylic acids is 1. The van der Waals surface area contributed by atoms with Gasteiger partial charge in [0.2, 0.25) is 0 Å². The van der Waals surface area contributed by atoms with E-state index >= 15 is 0 Å². The summed E-state index contributed by atoms with van der Waals surface area (Å²) < 4.78 is 5.22. The lowest BCUT2D eigenvalue weighted by Gasteiger charge is -2.34. The highest BCUT2D eigenvalue weighted by Crippen LogP contribution is 2.33. The fourth-order valence-corrected chi connectivity index (χ4v) is 3.36. The van der Waals surface area contributed by atoms with Crippen molar-refractivity contribution >= 4 is 12.1 Å². The van der Waals surface area contributed by atoms with Gasteiger partial charge < -0.3 is 15.2 Å². The van der Waals surface area contributed by atoms with Gasteiger partial charge in [-0.15, -0.1) is 0 Å². The molecule has 0 radical (unpaired) electrons. The molecule has 1 aliphatic carbocycles. The molecular weight excluding hydrogens is 294 g/mol. The van der Waals surface area contributed by atoms with Gasteiger partial charge in [-0.3, -0.25) is 4.79 Å². The number of hydrogen-bond acceptors (Lipinski definition) is 3. The fraction of sp³-hybridized carbons (Fsp3) is 0.556. The average Bonchev–Trinajstić information content (AvgIpc) is 2.53. The lowest BCUT2D eigenvalue weighted by molar-refractivity contribution is -0.138. The first-order valence-corrected chi connectivity index (χ1v) is 8.25. The Morgan fingerprint density at radius 1 is 1.26 bits per heavy atom. The lowest BCUT2D eigenvalue weighted by atomic mass is 9.75. The summed E-state index contributed by atoms with van der Waals surface area (Å²) in [5, 5.41) is 11.9. The van der Waals surface area contributed by atoms with E-state index in [1.165, 1.54) is 6.42 Å². The van der Waals surface area contributed by atoms with Gasteiger partial charge in [-0.1, -0.05) is 56.5 Å². The van der Waals surface area contributed by atoms with Crippen molar-refractivity contribution in [3.05, 3.63) is 35.9 Å². The third-order valence-electron chi connectivity index (χ3n) is 4.61. The van der Waals surface area contributed by atoms with Crippen LogP contribution < -0.4 is 5.32 Å². The molecule has 0 spiro atoms. The number of rotatable bonds is 6. The molecule has 23 heavy (non-hydrogen) atoms. The van der Waals surface area contributed by atoms with Crippen molar-refractivity contribution in [2.75, 3.05) is 0 Å². The van der Waals surface area contributed by atoms with Crippen LogP contribution in [-0.2, 0) is 16.1 Å². The number of aliphatic carboxylic acids is 1. The molecule has 0 aromatic heterocycles. The number of amides is 1. The number of alkyl carbamates (subject to hydrolysis) is 1. The number of carboxylic acid groups (broad SMARTS) is 1. The molecule has 1 aromatic rings. The van der Waals surface area contributed by atoms with E-state index in [0.29, 0.717) is 5.92 Å². The van der Waals surface area contributed by atoms with Crippen molar-refractivity contribution in [3.8, 4) is 0 Å². The van der Waals surface area contributed by atoms with E-state index in [9.17, 15) is 9.59 Å². The summed E-state index contributed by atoms with van der Waals surface area (Å²) in [5.41, 5.74) is 0.906. The van der Waals surface area contributed by atoms with E-state index in [4.69, 9.17) is 9.84 Å². The summed E-state index contributed by atoms with van der Waals surface area (Å²) in [5.74, 6) is -0.275. The molecular formula is C18H25NO4. The molecule has 126 valence electrons. The summed E-state index contributed by atoms with van der Waals surface area (Å²) in [6, 6.07) is 9.06. The Balaban J connectivity index is 1.91. The normalized spacial score (nSPS) is 22.1. The SMILES string of the molecule is CC1CCCCC1[C@@H](CC(=O)O)NC(=O)OCc1ccccc1. The number of carbonyl (C=O) groups excluding carboxylic acids is 1. The second-order valence-electron chi connectivity index (χ2n) is 6.34. The van der Waals surface area contributed by atoms with Crippen LogP contribution in [0.5, 0.6) is 0 Å². The van der Waals surface area contributed by atoms with Gasteiger partial charge in [-0.25, -0.2) is 4.79 Å². The van der Waals surface area contributed by atoms with E-state index in [0.717, 1.165) is 24.8 Å². The molecule has 1 saturated carbocycles. The van der Waals surface area contributed by atoms with Crippen LogP contribution in [0.2, 0.25) is 0 Å². The summed E-state index contributed by atoms with van der Waals surface area (Å²) in [7, 11) is 0. The molecule has 0 aliphatic heterocycles. The Labute approximate surface area is 137 Å². The smallest absolute Gasteiger partial charge is 0.407 e. The van der Waals surface area contributed by atoms with Crippen molar-refractivity contribution < 1.29 is 19.4 Å². The Morgan fingerprint density at radius 2 is 1.96 bits per heavy atom. The molecule has 1 aliphatic rings. The molecule has 5 heteroatoms. The van der Waals surface area contributed by atoms with Crippen LogP contribution in [0.15, 0.2) is 30.3 Å². The third-order valence-corrected chi connectivity index (χ3v) is 4.61. The zero-order valence-electron chi connectivity index (χ0n) is 13.5. The van der Waals surface area contributed by atoms with Crippen molar-refractivity contribution in [3.63, 3.8) is 0 Å². The molecule has 0 saturated heterocycles. The highest BCUT2D eigenvalue weighted by atomic mass is 16.5. The van der Waals surface area contributed by atoms with Gasteiger partial charge in [0.25, 0.3) is 0 Å². The Bertz CT molecular complexity index is 517. The standard InChI is InChI=1S/C18H25NO4/c1-13-7-5-6-10-15(13)16(11-17(20)21)19-18(22)23-12-14-8-3-2-4-9-14/h2-4,8-9,13,15-16H,5-7,10-12H2,1H3,(H,19,22)(H,20,21)/t13?,15?,16-/m1/s1. The first-order chi connectivity index (χ1) is 11.1. The molecule has 5 nitrogen and oxygen atoms in total. The molecule has 2 unspecified atom stereocenters. The van der Waals surface area contributed by atoms with Gasteiger partial charge in [0.05, 0.1) is 6.42 Å². The maximum atomic E-state index is 12.0. The highest BCUT2D eigenvalue weighted by Gasteiger charge is 2.32. The minimum absolute atomic E-state index is 0.0601. The average molecular weight is 319 g/mol. The molecule has 2 N–H and O–H groups in total. The summed E-state index contributed by atoms with van der Waals surface area (Å²) in [6.07, 6.45) is 3.70. The lowest BCUT2D eigenvalue weighted by Crippen LogP contribution is -2.45. The number of ether oxygens (including phenoxy) is 1. The second-order valence-corrected chi connectivity index (χ2v) is 6.34. The molecule has 0 bridgehead atoms. The van der Waals surface area contributed by atoms with E-state index in [2.05, 4.69) is 12.2 Å². The minimum Gasteiger partial charge on any atom is -0.481 e. The van der Waals surface area contributed by atoms with Gasteiger partial charge >= 0.3 is 12.1 Å². The van der Waals surface area contributed by atoms with Crippen LogP contribution >= 0.6 is 0 Å². The highest BCUT2D eigenvalue weighted by molar-refractivity contribution is 5.71. The van der Waals surface area contributed by atoms with Gasteiger partial charge in [-0.05, 0) is 23.8 Å². The summed E-state index contributed by atoms with van der Waals surface area (Å²) in [4.78, 5) is 23.2. The zero-order valence-corrected chi connectivity index (χ0v) is 13.5. The first-order valence-electron chi connectivity index (χ1n) is 8.25. The van der Waals surface area contributed by atoms with E-state index in [1.807, 2.05) is 30.3 Å². The van der Waals surface area contributed by atoms with Crippen molar-refractivity contribution in [2.45, 2.75) is 51.7 Å². The minimum atomic E-state index is -0.892. The van der Waals surface area contributed by atoms with Crippen molar-refractivity contribution in [2.24, 2.45) is 11.8 Å². The molecule has 0 heterocycles. The number of carbonyl (C=O) groups is 2. The maximum absolute atomic E-state index is 12.0. The van der Waals surface area contributed by atoms with Crippen LogP contribution in [0.3, 0.4) is 0 Å². The van der Waals surface area contributed by atoms with Crippen LogP contribution in [0.25, 0.3) is 0 Å². The van der Waals surface area contributed by atoms with Gasteiger partial charge in [0.1, 0.15) is 6.61 Å². The van der Waals surface area contributed by atoms with E-state index in [1.54, 1.807) is 0 Å². The molecule has 1 amide bonds. The Kier molecular flexibility index (Phi) is 6.44. The third kappa shape index (κ3) is 5.58. The van der Waals surface area contributed by atoms with Crippen LogP contribution in [0.1, 0.15) is 44.6 Å². The maximum Gasteiger partial charge on any atom is 0.407 e. The number of benzene rings is 1. The molecule has 1 aromatic carbocycles. The predicted molar refractivity (Wildman–Crippen MR) is 86.9 cm³/mol. The van der Waals surface area contributed by atoms with E-state index < -0.39 is 12.1 Å². The Morgan fingerprint density at radius 3 is 2.61 bits per heavy atom. The monoisotopic (exact) mass is 319 g/mol. The largest absolute Gasteiger partial charge is 0.481 e. The van der Waals surface area contributed by atoms with Gasteiger partial charge in [0.15, 0.2) is 0 Å². The predicted octanol–water partition coefficient (Wildman–Crippen LogP) is 3.58. The fourth-order valence-electron chi connectivity index (χ4n) is 3.36. The summed E-state index contributed by atoms with van der Waals surface area (Å²) >= 11 is 0. The molecule has 2 rings (SSSR count). The van der Waals surface area contributed by atoms with Crippen molar-refractivity contribution in [1.29, 1.82) is 0 Å². The Hall–Kier alpha value is -2.04. The second kappa shape index (κ2) is 8.56. The quantitative estimate of drug-likeness (QED) is 0.840. The van der Waals surface area contributed by atoms with Crippen molar-refractivity contribution in [1.82, 2.24) is 5.32 Å². The van der Waals surface area contributed by atoms with Gasteiger partial charge in [-0.2, -0.15) is 0 Å². The number of hydrogen-bond donors (Lipinski definition) is 2. The van der Waals surface area contributed by atoms with Crippen LogP contribution in [0, 0.1) is 11.8 Å². The number of nitrogens with one attached hydrogen (secondary N) is 1. The summed E-state index contributed by atoms with van der Waals surface area (Å²) in [6.45, 7) is 2.32. The zero-order chi connectivity index (χ0) is 16.7. The molecule has 3 atom stereocenters. The molecule has 1 fully saturated rings. The first kappa shape index (κ1) is 17.3. The topological polar surface area (TPSA) is 75.6 Å².